The summed E-state index contributed by atoms with van der Waals surface area (Å²) in [6, 6.07) is 9.95. The van der Waals surface area contributed by atoms with Crippen molar-refractivity contribution in [3.05, 3.63) is 47.0 Å². The summed E-state index contributed by atoms with van der Waals surface area (Å²) in [6.07, 6.45) is 1.33. The van der Waals surface area contributed by atoms with Crippen LogP contribution in [0.4, 0.5) is 5.69 Å². The van der Waals surface area contributed by atoms with Crippen molar-refractivity contribution in [1.82, 2.24) is 4.98 Å². The van der Waals surface area contributed by atoms with Crippen LogP contribution in [-0.2, 0) is 11.2 Å². The molecule has 1 N–H and O–H groups in total. The Hall–Kier alpha value is -2.40. The van der Waals surface area contributed by atoms with E-state index in [1.807, 2.05) is 36.6 Å². The summed E-state index contributed by atoms with van der Waals surface area (Å²) in [7, 11) is 0. The average molecular weight is 310 g/mol. The third kappa shape index (κ3) is 2.33. The number of hydrogen-bond acceptors (Lipinski definition) is 4. The second-order valence-corrected chi connectivity index (χ2v) is 6.23. The molecule has 0 fully saturated rings. The maximum atomic E-state index is 11.4. The Kier molecular flexibility index (Phi) is 3.08. The Balaban J connectivity index is 1.68. The molecular formula is C17H14N2O2S. The van der Waals surface area contributed by atoms with Crippen molar-refractivity contribution in [2.24, 2.45) is 0 Å². The first kappa shape index (κ1) is 13.3. The third-order valence-corrected chi connectivity index (χ3v) is 4.61. The van der Waals surface area contributed by atoms with Crippen molar-refractivity contribution < 1.29 is 9.21 Å². The molecule has 1 aromatic carbocycles. The number of rotatable bonds is 2. The molecule has 1 amide bonds. The van der Waals surface area contributed by atoms with Crippen molar-refractivity contribution in [2.45, 2.75) is 19.8 Å². The third-order valence-electron chi connectivity index (χ3n) is 3.75. The van der Waals surface area contributed by atoms with Gasteiger partial charge >= 0.3 is 0 Å². The number of anilines is 1. The van der Waals surface area contributed by atoms with E-state index < -0.39 is 0 Å². The lowest BCUT2D eigenvalue weighted by atomic mass is 9.99. The molecule has 1 aliphatic heterocycles. The zero-order chi connectivity index (χ0) is 15.1. The molecule has 0 radical (unpaired) electrons. The number of aryl methyl sites for hydroxylation is 2. The fourth-order valence-corrected chi connectivity index (χ4v) is 3.40. The summed E-state index contributed by atoms with van der Waals surface area (Å²) >= 11 is 1.57. The van der Waals surface area contributed by atoms with E-state index in [1.165, 1.54) is 5.56 Å². The molecule has 5 heteroatoms. The van der Waals surface area contributed by atoms with Gasteiger partial charge in [-0.15, -0.1) is 11.3 Å². The lowest BCUT2D eigenvalue weighted by Gasteiger charge is -2.17. The number of amides is 1. The summed E-state index contributed by atoms with van der Waals surface area (Å²) in [5.74, 6) is 1.78. The number of thiazole rings is 1. The predicted octanol–water partition coefficient (Wildman–Crippen LogP) is 4.26. The van der Waals surface area contributed by atoms with Gasteiger partial charge in [-0.2, -0.15) is 0 Å². The molecule has 2 aromatic heterocycles. The summed E-state index contributed by atoms with van der Waals surface area (Å²) in [6.45, 7) is 1.93. The van der Waals surface area contributed by atoms with E-state index in [-0.39, 0.29) is 5.91 Å². The summed E-state index contributed by atoms with van der Waals surface area (Å²) in [4.78, 5) is 16.1. The standard InChI is InChI=1S/C17H14N2O2S/c1-10-2-6-15(21-10)17-19-14(9-22-17)12-3-5-13-11(8-12)4-7-16(20)18-13/h2-3,5-6,8-9H,4,7H2,1H3,(H,18,20). The van der Waals surface area contributed by atoms with Crippen LogP contribution in [0.15, 0.2) is 40.1 Å². The first-order valence-corrected chi connectivity index (χ1v) is 8.02. The lowest BCUT2D eigenvalue weighted by Crippen LogP contribution is -2.18. The van der Waals surface area contributed by atoms with E-state index in [0.29, 0.717) is 6.42 Å². The van der Waals surface area contributed by atoms with Crippen molar-refractivity contribution in [1.29, 1.82) is 0 Å². The zero-order valence-electron chi connectivity index (χ0n) is 12.1. The van der Waals surface area contributed by atoms with Gasteiger partial charge in [0.25, 0.3) is 0 Å². The fourth-order valence-electron chi connectivity index (χ4n) is 2.61. The van der Waals surface area contributed by atoms with Crippen molar-refractivity contribution in [3.63, 3.8) is 0 Å². The summed E-state index contributed by atoms with van der Waals surface area (Å²) in [5, 5.41) is 5.82. The topological polar surface area (TPSA) is 55.1 Å². The molecule has 110 valence electrons. The summed E-state index contributed by atoms with van der Waals surface area (Å²) < 4.78 is 5.62. The molecule has 22 heavy (non-hydrogen) atoms. The monoisotopic (exact) mass is 310 g/mol. The number of hydrogen-bond donors (Lipinski definition) is 1. The number of fused-ring (bicyclic) bond motifs is 1. The van der Waals surface area contributed by atoms with E-state index in [9.17, 15) is 4.79 Å². The maximum Gasteiger partial charge on any atom is 0.224 e. The molecule has 0 saturated heterocycles. The molecule has 3 heterocycles. The highest BCUT2D eigenvalue weighted by molar-refractivity contribution is 7.13. The molecule has 0 spiro atoms. The molecule has 4 nitrogen and oxygen atoms in total. The highest BCUT2D eigenvalue weighted by Crippen LogP contribution is 2.32. The van der Waals surface area contributed by atoms with Gasteiger partial charge in [-0.1, -0.05) is 6.07 Å². The highest BCUT2D eigenvalue weighted by atomic mass is 32.1. The second kappa shape index (κ2) is 5.10. The minimum Gasteiger partial charge on any atom is -0.459 e. The van der Waals surface area contributed by atoms with E-state index in [4.69, 9.17) is 4.42 Å². The van der Waals surface area contributed by atoms with Crippen LogP contribution in [0.3, 0.4) is 0 Å². The smallest absolute Gasteiger partial charge is 0.224 e. The van der Waals surface area contributed by atoms with Crippen LogP contribution in [0, 0.1) is 6.92 Å². The van der Waals surface area contributed by atoms with Gasteiger partial charge in [0.15, 0.2) is 10.8 Å². The van der Waals surface area contributed by atoms with E-state index in [0.717, 1.165) is 39.9 Å². The van der Waals surface area contributed by atoms with E-state index in [2.05, 4.69) is 16.4 Å². The number of furan rings is 1. The van der Waals surface area contributed by atoms with Crippen LogP contribution in [0.25, 0.3) is 22.0 Å². The first-order valence-electron chi connectivity index (χ1n) is 7.14. The van der Waals surface area contributed by atoms with Gasteiger partial charge in [-0.3, -0.25) is 4.79 Å². The van der Waals surface area contributed by atoms with Crippen LogP contribution in [0.1, 0.15) is 17.7 Å². The molecule has 0 saturated carbocycles. The van der Waals surface area contributed by atoms with Crippen LogP contribution < -0.4 is 5.32 Å². The molecule has 0 bridgehead atoms. The number of nitrogens with one attached hydrogen (secondary N) is 1. The molecule has 0 atom stereocenters. The minimum atomic E-state index is 0.0874. The molecule has 3 aromatic rings. The van der Waals surface area contributed by atoms with E-state index >= 15 is 0 Å². The number of benzene rings is 1. The molecule has 4 rings (SSSR count). The number of carbonyl (C=O) groups excluding carboxylic acids is 1. The lowest BCUT2D eigenvalue weighted by molar-refractivity contribution is -0.116. The Labute approximate surface area is 131 Å². The SMILES string of the molecule is Cc1ccc(-c2nc(-c3ccc4c(c3)CCC(=O)N4)cs2)o1. The Morgan fingerprint density at radius 1 is 1.23 bits per heavy atom. The Morgan fingerprint density at radius 3 is 2.95 bits per heavy atom. The van der Waals surface area contributed by atoms with Gasteiger partial charge < -0.3 is 9.73 Å². The number of carbonyl (C=O) groups is 1. The number of aromatic nitrogens is 1. The first-order chi connectivity index (χ1) is 10.7. The van der Waals surface area contributed by atoms with Crippen molar-refractivity contribution in [2.75, 3.05) is 5.32 Å². The van der Waals surface area contributed by atoms with Crippen molar-refractivity contribution in [3.8, 4) is 22.0 Å². The largest absolute Gasteiger partial charge is 0.459 e. The normalized spacial score (nSPS) is 13.8. The van der Waals surface area contributed by atoms with Crippen LogP contribution in [0.5, 0.6) is 0 Å². The molecule has 1 aliphatic rings. The quantitative estimate of drug-likeness (QED) is 0.769. The maximum absolute atomic E-state index is 11.4. The van der Waals surface area contributed by atoms with Crippen LogP contribution in [-0.4, -0.2) is 10.9 Å². The van der Waals surface area contributed by atoms with Crippen molar-refractivity contribution >= 4 is 22.9 Å². The molecule has 0 unspecified atom stereocenters. The van der Waals surface area contributed by atoms with Gasteiger partial charge in [0, 0.05) is 23.1 Å². The van der Waals surface area contributed by atoms with Gasteiger partial charge in [0.2, 0.25) is 5.91 Å². The van der Waals surface area contributed by atoms with Gasteiger partial charge in [-0.25, -0.2) is 4.98 Å². The fraction of sp³-hybridized carbons (Fsp3) is 0.176. The second-order valence-electron chi connectivity index (χ2n) is 5.37. The van der Waals surface area contributed by atoms with Crippen LogP contribution in [0.2, 0.25) is 0 Å². The zero-order valence-corrected chi connectivity index (χ0v) is 12.9. The molecular weight excluding hydrogens is 296 g/mol. The Morgan fingerprint density at radius 2 is 2.14 bits per heavy atom. The Bertz CT molecular complexity index is 863. The highest BCUT2D eigenvalue weighted by Gasteiger charge is 2.16. The summed E-state index contributed by atoms with van der Waals surface area (Å²) in [5.41, 5.74) is 4.09. The van der Waals surface area contributed by atoms with Gasteiger partial charge in [0.1, 0.15) is 5.76 Å². The van der Waals surface area contributed by atoms with Crippen LogP contribution >= 0.6 is 11.3 Å². The van der Waals surface area contributed by atoms with E-state index in [1.54, 1.807) is 11.3 Å². The van der Waals surface area contributed by atoms with Gasteiger partial charge in [-0.05, 0) is 43.2 Å². The minimum absolute atomic E-state index is 0.0874. The predicted molar refractivity (Wildman–Crippen MR) is 86.9 cm³/mol. The number of nitrogens with zero attached hydrogens (tertiary/aromatic N) is 1. The van der Waals surface area contributed by atoms with Gasteiger partial charge in [0.05, 0.1) is 5.69 Å². The molecule has 0 aliphatic carbocycles. The average Bonchev–Trinajstić information content (AvgIpc) is 3.15.